The predicted molar refractivity (Wildman–Crippen MR) is 137 cm³/mol. The molecule has 0 saturated heterocycles. The van der Waals surface area contributed by atoms with Gasteiger partial charge in [0.25, 0.3) is 5.91 Å². The molecule has 2 N–H and O–H groups in total. The van der Waals surface area contributed by atoms with Crippen LogP contribution in [0, 0.1) is 0 Å². The maximum absolute atomic E-state index is 12.4. The topological polar surface area (TPSA) is 80.6 Å². The number of methoxy groups -OCH3 is 1. The fourth-order valence-corrected chi connectivity index (χ4v) is 4.24. The van der Waals surface area contributed by atoms with Gasteiger partial charge in [0.05, 0.1) is 17.7 Å². The molecule has 2 amide bonds. The summed E-state index contributed by atoms with van der Waals surface area (Å²) in [6, 6.07) is 17.1. The number of hydrogen-bond acceptors (Lipinski definition) is 5. The molecule has 172 valence electrons. The number of benzene rings is 2. The first-order valence-electron chi connectivity index (χ1n) is 9.99. The Morgan fingerprint density at radius 2 is 1.79 bits per heavy atom. The summed E-state index contributed by atoms with van der Waals surface area (Å²) < 4.78 is 11.1. The van der Waals surface area contributed by atoms with Crippen LogP contribution in [0.25, 0.3) is 17.4 Å². The van der Waals surface area contributed by atoms with Crippen LogP contribution < -0.4 is 15.4 Å². The van der Waals surface area contributed by atoms with Crippen LogP contribution in [-0.4, -0.2) is 18.9 Å². The second-order valence-electron chi connectivity index (χ2n) is 7.03. The van der Waals surface area contributed by atoms with E-state index in [1.807, 2.05) is 5.38 Å². The van der Waals surface area contributed by atoms with E-state index in [-0.39, 0.29) is 11.8 Å². The molecule has 0 saturated carbocycles. The normalized spacial score (nSPS) is 10.9. The molecule has 0 bridgehead atoms. The average Bonchev–Trinajstić information content (AvgIpc) is 3.50. The average molecular weight is 513 g/mol. The van der Waals surface area contributed by atoms with Crippen LogP contribution >= 0.6 is 34.5 Å². The molecule has 9 heteroatoms. The molecule has 0 fully saturated rings. The van der Waals surface area contributed by atoms with E-state index < -0.39 is 0 Å². The number of nitrogens with one attached hydrogen (secondary N) is 2. The molecule has 0 aliphatic carbocycles. The Morgan fingerprint density at radius 1 is 1.00 bits per heavy atom. The van der Waals surface area contributed by atoms with E-state index in [9.17, 15) is 9.59 Å². The molecular formula is C25H18Cl2N2O4S. The van der Waals surface area contributed by atoms with Crippen LogP contribution in [0.3, 0.4) is 0 Å². The van der Waals surface area contributed by atoms with Gasteiger partial charge in [-0.3, -0.25) is 9.59 Å². The molecule has 0 spiro atoms. The van der Waals surface area contributed by atoms with Crippen molar-refractivity contribution in [1.29, 1.82) is 0 Å². The minimum atomic E-state index is -0.360. The lowest BCUT2D eigenvalue weighted by Crippen LogP contribution is -2.12. The van der Waals surface area contributed by atoms with Crippen LogP contribution in [-0.2, 0) is 4.79 Å². The lowest BCUT2D eigenvalue weighted by atomic mass is 10.2. The van der Waals surface area contributed by atoms with Gasteiger partial charge in [0.1, 0.15) is 17.3 Å². The Hall–Kier alpha value is -3.52. The number of rotatable bonds is 7. The minimum absolute atomic E-state index is 0.231. The summed E-state index contributed by atoms with van der Waals surface area (Å²) in [5, 5.41) is 8.39. The maximum atomic E-state index is 12.4. The van der Waals surface area contributed by atoms with Crippen molar-refractivity contribution in [3.8, 4) is 17.1 Å². The molecule has 4 rings (SSSR count). The molecule has 34 heavy (non-hydrogen) atoms. The fourth-order valence-electron chi connectivity index (χ4n) is 3.10. The first kappa shape index (κ1) is 23.6. The molecule has 0 aliphatic rings. The standard InChI is InChI=1S/C25H18Cl2N2O4S/c1-32-22-14-18(4-7-20(22)29-25(31)23-3-2-10-34-23)28-24(30)9-6-19-5-8-21(33-19)15-11-16(26)13-17(27)12-15/h2-14H,1H3,(H,28,30)(H,29,31)/b9-6+. The third-order valence-corrected chi connectivity index (χ3v) is 5.94. The number of anilines is 2. The lowest BCUT2D eigenvalue weighted by Gasteiger charge is -2.11. The molecule has 2 aromatic heterocycles. The fraction of sp³-hybridized carbons (Fsp3) is 0.0400. The van der Waals surface area contributed by atoms with E-state index in [1.165, 1.54) is 24.5 Å². The largest absolute Gasteiger partial charge is 0.494 e. The number of carbonyl (C=O) groups excluding carboxylic acids is 2. The summed E-state index contributed by atoms with van der Waals surface area (Å²) in [7, 11) is 1.49. The van der Waals surface area contributed by atoms with E-state index >= 15 is 0 Å². The molecule has 0 atom stereocenters. The molecule has 2 aromatic carbocycles. The SMILES string of the molecule is COc1cc(NC(=O)/C=C/c2ccc(-c3cc(Cl)cc(Cl)c3)o2)ccc1NC(=O)c1cccs1. The summed E-state index contributed by atoms with van der Waals surface area (Å²) in [5.41, 5.74) is 1.74. The van der Waals surface area contributed by atoms with Gasteiger partial charge in [-0.2, -0.15) is 0 Å². The summed E-state index contributed by atoms with van der Waals surface area (Å²) in [4.78, 5) is 25.3. The molecule has 0 unspecified atom stereocenters. The van der Waals surface area contributed by atoms with Gasteiger partial charge in [0.2, 0.25) is 5.91 Å². The predicted octanol–water partition coefficient (Wildman–Crippen LogP) is 7.23. The van der Waals surface area contributed by atoms with E-state index in [0.29, 0.717) is 43.6 Å². The Bertz CT molecular complexity index is 1340. The van der Waals surface area contributed by atoms with Crippen LogP contribution in [0.4, 0.5) is 11.4 Å². The Morgan fingerprint density at radius 3 is 2.50 bits per heavy atom. The Labute approximate surface area is 209 Å². The van der Waals surface area contributed by atoms with Crippen molar-refractivity contribution in [3.05, 3.63) is 92.8 Å². The van der Waals surface area contributed by atoms with Gasteiger partial charge in [-0.25, -0.2) is 0 Å². The van der Waals surface area contributed by atoms with Crippen molar-refractivity contribution < 1.29 is 18.7 Å². The van der Waals surface area contributed by atoms with Crippen LogP contribution in [0.1, 0.15) is 15.4 Å². The molecule has 0 aliphatic heterocycles. The van der Waals surface area contributed by atoms with Gasteiger partial charge in [-0.1, -0.05) is 29.3 Å². The smallest absolute Gasteiger partial charge is 0.265 e. The second-order valence-corrected chi connectivity index (χ2v) is 8.85. The molecule has 4 aromatic rings. The number of ether oxygens (including phenoxy) is 1. The highest BCUT2D eigenvalue weighted by atomic mass is 35.5. The van der Waals surface area contributed by atoms with Crippen molar-refractivity contribution in [3.63, 3.8) is 0 Å². The van der Waals surface area contributed by atoms with Crippen LogP contribution in [0.2, 0.25) is 10.0 Å². The zero-order valence-corrected chi connectivity index (χ0v) is 20.1. The number of halogens is 2. The van der Waals surface area contributed by atoms with E-state index in [0.717, 1.165) is 5.56 Å². The van der Waals surface area contributed by atoms with Gasteiger partial charge in [-0.05, 0) is 60.0 Å². The van der Waals surface area contributed by atoms with E-state index in [2.05, 4.69) is 10.6 Å². The van der Waals surface area contributed by atoms with Crippen molar-refractivity contribution in [2.24, 2.45) is 0 Å². The molecule has 6 nitrogen and oxygen atoms in total. The number of thiophene rings is 1. The second kappa shape index (κ2) is 10.6. The number of furan rings is 1. The molecule has 0 radical (unpaired) electrons. The van der Waals surface area contributed by atoms with Crippen molar-refractivity contribution in [1.82, 2.24) is 0 Å². The van der Waals surface area contributed by atoms with E-state index in [1.54, 1.807) is 66.7 Å². The number of carbonyl (C=O) groups is 2. The summed E-state index contributed by atoms with van der Waals surface area (Å²) >= 11 is 13.4. The highest BCUT2D eigenvalue weighted by Gasteiger charge is 2.12. The Balaban J connectivity index is 1.41. The van der Waals surface area contributed by atoms with Gasteiger partial charge in [0.15, 0.2) is 0 Å². The zero-order valence-electron chi connectivity index (χ0n) is 17.8. The summed E-state index contributed by atoms with van der Waals surface area (Å²) in [5.74, 6) is 0.898. The highest BCUT2D eigenvalue weighted by molar-refractivity contribution is 7.12. The number of amides is 2. The van der Waals surface area contributed by atoms with E-state index in [4.69, 9.17) is 32.4 Å². The molecular weight excluding hydrogens is 495 g/mol. The van der Waals surface area contributed by atoms with Gasteiger partial charge >= 0.3 is 0 Å². The third-order valence-electron chi connectivity index (χ3n) is 4.64. The van der Waals surface area contributed by atoms with Crippen LogP contribution in [0.5, 0.6) is 5.75 Å². The number of hydrogen-bond donors (Lipinski definition) is 2. The Kier molecular flexibility index (Phi) is 7.37. The first-order valence-corrected chi connectivity index (χ1v) is 11.6. The maximum Gasteiger partial charge on any atom is 0.265 e. The lowest BCUT2D eigenvalue weighted by molar-refractivity contribution is -0.111. The van der Waals surface area contributed by atoms with Crippen molar-refractivity contribution in [2.75, 3.05) is 17.7 Å². The monoisotopic (exact) mass is 512 g/mol. The molecule has 2 heterocycles. The summed E-state index contributed by atoms with van der Waals surface area (Å²) in [6.45, 7) is 0. The van der Waals surface area contributed by atoms with Gasteiger partial charge < -0.3 is 19.8 Å². The quantitative estimate of drug-likeness (QED) is 0.256. The van der Waals surface area contributed by atoms with Crippen molar-refractivity contribution in [2.45, 2.75) is 0 Å². The third kappa shape index (κ3) is 5.88. The zero-order chi connectivity index (χ0) is 24.1. The minimum Gasteiger partial charge on any atom is -0.494 e. The van der Waals surface area contributed by atoms with Crippen molar-refractivity contribution >= 4 is 63.8 Å². The first-order chi connectivity index (χ1) is 16.4. The van der Waals surface area contributed by atoms with Gasteiger partial charge in [0, 0.05) is 33.4 Å². The summed E-state index contributed by atoms with van der Waals surface area (Å²) in [6.07, 6.45) is 2.91. The highest BCUT2D eigenvalue weighted by Crippen LogP contribution is 2.30. The van der Waals surface area contributed by atoms with Gasteiger partial charge in [-0.15, -0.1) is 11.3 Å². The van der Waals surface area contributed by atoms with Crippen LogP contribution in [0.15, 0.2) is 76.5 Å².